The molecule has 3 aromatic rings. The molecule has 0 aliphatic heterocycles. The molecular formula is C22H28FN5. The van der Waals surface area contributed by atoms with E-state index in [1.807, 2.05) is 31.1 Å². The number of aromatic amines is 1. The zero-order valence-electron chi connectivity index (χ0n) is 16.7. The lowest BCUT2D eigenvalue weighted by Gasteiger charge is -2.14. The van der Waals surface area contributed by atoms with E-state index in [2.05, 4.69) is 45.0 Å². The van der Waals surface area contributed by atoms with Gasteiger partial charge in [-0.05, 0) is 49.8 Å². The molecule has 148 valence electrons. The molecule has 0 saturated heterocycles. The van der Waals surface area contributed by atoms with Crippen LogP contribution < -0.4 is 10.6 Å². The van der Waals surface area contributed by atoms with E-state index in [9.17, 15) is 4.39 Å². The Labute approximate surface area is 165 Å². The summed E-state index contributed by atoms with van der Waals surface area (Å²) in [6.45, 7) is 1.95. The first-order valence-corrected chi connectivity index (χ1v) is 9.48. The summed E-state index contributed by atoms with van der Waals surface area (Å²) in [4.78, 5) is 9.54. The molecular weight excluding hydrogens is 353 g/mol. The maximum absolute atomic E-state index is 13.9. The van der Waals surface area contributed by atoms with E-state index < -0.39 is 0 Å². The van der Waals surface area contributed by atoms with E-state index in [0.717, 1.165) is 30.0 Å². The molecule has 0 fully saturated rings. The van der Waals surface area contributed by atoms with Crippen LogP contribution in [0.4, 0.5) is 4.39 Å². The fourth-order valence-electron chi connectivity index (χ4n) is 3.26. The minimum Gasteiger partial charge on any atom is -0.361 e. The fourth-order valence-corrected chi connectivity index (χ4v) is 3.26. The Kier molecular flexibility index (Phi) is 6.66. The molecule has 0 spiro atoms. The van der Waals surface area contributed by atoms with Gasteiger partial charge in [-0.3, -0.25) is 4.99 Å². The normalized spacial score (nSPS) is 12.0. The molecule has 0 atom stereocenters. The Morgan fingerprint density at radius 1 is 1.11 bits per heavy atom. The number of para-hydroxylation sites is 1. The number of aliphatic imine (C=N–C) groups is 1. The van der Waals surface area contributed by atoms with Crippen molar-refractivity contribution < 1.29 is 4.39 Å². The molecule has 0 aliphatic rings. The van der Waals surface area contributed by atoms with Gasteiger partial charge in [0, 0.05) is 49.3 Å². The monoisotopic (exact) mass is 381 g/mol. The predicted octanol–water partition coefficient (Wildman–Crippen LogP) is 3.28. The van der Waals surface area contributed by atoms with Gasteiger partial charge in [-0.2, -0.15) is 0 Å². The number of rotatable bonds is 7. The minimum atomic E-state index is -0.168. The Bertz CT molecular complexity index is 945. The van der Waals surface area contributed by atoms with Gasteiger partial charge < -0.3 is 20.5 Å². The van der Waals surface area contributed by atoms with Crippen LogP contribution in [0.5, 0.6) is 0 Å². The second-order valence-corrected chi connectivity index (χ2v) is 7.13. The Hall–Kier alpha value is -2.86. The SMILES string of the molecule is CN=C(NCCc1c[nH]c2ccccc12)NCc1ccc(F)c(CN(C)C)c1. The Morgan fingerprint density at radius 3 is 2.71 bits per heavy atom. The summed E-state index contributed by atoms with van der Waals surface area (Å²) in [6.07, 6.45) is 2.96. The molecule has 0 amide bonds. The third kappa shape index (κ3) is 5.10. The van der Waals surface area contributed by atoms with Gasteiger partial charge in [0.05, 0.1) is 0 Å². The molecule has 0 bridgehead atoms. The molecule has 0 unspecified atom stereocenters. The van der Waals surface area contributed by atoms with E-state index in [4.69, 9.17) is 0 Å². The first kappa shape index (κ1) is 19.9. The summed E-state index contributed by atoms with van der Waals surface area (Å²) >= 11 is 0. The van der Waals surface area contributed by atoms with Crippen molar-refractivity contribution in [2.24, 2.45) is 4.99 Å². The van der Waals surface area contributed by atoms with Crippen molar-refractivity contribution in [2.45, 2.75) is 19.5 Å². The zero-order valence-corrected chi connectivity index (χ0v) is 16.7. The number of hydrogen-bond acceptors (Lipinski definition) is 2. The average Bonchev–Trinajstić information content (AvgIpc) is 3.09. The van der Waals surface area contributed by atoms with Crippen LogP contribution >= 0.6 is 0 Å². The molecule has 6 heteroatoms. The van der Waals surface area contributed by atoms with Crippen LogP contribution in [0.1, 0.15) is 16.7 Å². The van der Waals surface area contributed by atoms with E-state index >= 15 is 0 Å². The zero-order chi connectivity index (χ0) is 19.9. The number of halogens is 1. The summed E-state index contributed by atoms with van der Waals surface area (Å²) in [5.74, 6) is 0.567. The molecule has 1 aromatic heterocycles. The highest BCUT2D eigenvalue weighted by molar-refractivity contribution is 5.83. The van der Waals surface area contributed by atoms with E-state index in [0.29, 0.717) is 18.7 Å². The van der Waals surface area contributed by atoms with Gasteiger partial charge in [0.25, 0.3) is 0 Å². The van der Waals surface area contributed by atoms with Crippen LogP contribution in [0.2, 0.25) is 0 Å². The maximum Gasteiger partial charge on any atom is 0.191 e. The van der Waals surface area contributed by atoms with Gasteiger partial charge in [0.1, 0.15) is 5.82 Å². The van der Waals surface area contributed by atoms with Crippen molar-refractivity contribution >= 4 is 16.9 Å². The molecule has 2 aromatic carbocycles. The highest BCUT2D eigenvalue weighted by Crippen LogP contribution is 2.17. The van der Waals surface area contributed by atoms with Crippen molar-refractivity contribution in [1.29, 1.82) is 0 Å². The molecule has 0 aliphatic carbocycles. The molecule has 28 heavy (non-hydrogen) atoms. The topological polar surface area (TPSA) is 55.5 Å². The summed E-state index contributed by atoms with van der Waals surface area (Å²) in [7, 11) is 5.62. The van der Waals surface area contributed by atoms with Gasteiger partial charge in [0.15, 0.2) is 5.96 Å². The van der Waals surface area contributed by atoms with Gasteiger partial charge in [0.2, 0.25) is 0 Å². The standard InChI is InChI=1S/C22H28FN5/c1-24-22(25-11-10-17-14-26-21-7-5-4-6-19(17)21)27-13-16-8-9-20(23)18(12-16)15-28(2)3/h4-9,12,14,26H,10-11,13,15H2,1-3H3,(H2,24,25,27). The third-order valence-corrected chi connectivity index (χ3v) is 4.64. The van der Waals surface area contributed by atoms with E-state index in [-0.39, 0.29) is 5.82 Å². The number of aromatic nitrogens is 1. The molecule has 3 N–H and O–H groups in total. The van der Waals surface area contributed by atoms with Crippen LogP contribution in [0, 0.1) is 5.82 Å². The van der Waals surface area contributed by atoms with Gasteiger partial charge in [-0.15, -0.1) is 0 Å². The molecule has 1 heterocycles. The second kappa shape index (κ2) is 9.37. The molecule has 5 nitrogen and oxygen atoms in total. The quantitative estimate of drug-likeness (QED) is 0.435. The lowest BCUT2D eigenvalue weighted by atomic mass is 10.1. The maximum atomic E-state index is 13.9. The van der Waals surface area contributed by atoms with Gasteiger partial charge in [-0.25, -0.2) is 4.39 Å². The van der Waals surface area contributed by atoms with Crippen molar-refractivity contribution in [1.82, 2.24) is 20.5 Å². The minimum absolute atomic E-state index is 0.168. The molecule has 3 rings (SSSR count). The largest absolute Gasteiger partial charge is 0.361 e. The number of hydrogen-bond donors (Lipinski definition) is 3. The number of H-pyrrole nitrogens is 1. The number of nitrogens with zero attached hydrogens (tertiary/aromatic N) is 2. The predicted molar refractivity (Wildman–Crippen MR) is 114 cm³/mol. The van der Waals surface area contributed by atoms with Crippen LogP contribution in [-0.2, 0) is 19.5 Å². The number of fused-ring (bicyclic) bond motifs is 1. The third-order valence-electron chi connectivity index (χ3n) is 4.64. The van der Waals surface area contributed by atoms with Crippen molar-refractivity contribution in [2.75, 3.05) is 27.7 Å². The van der Waals surface area contributed by atoms with Crippen molar-refractivity contribution in [3.63, 3.8) is 0 Å². The number of nitrogens with one attached hydrogen (secondary N) is 3. The van der Waals surface area contributed by atoms with Crippen LogP contribution in [0.25, 0.3) is 10.9 Å². The van der Waals surface area contributed by atoms with Crippen LogP contribution in [0.15, 0.2) is 53.7 Å². The summed E-state index contributed by atoms with van der Waals surface area (Å²) in [5.41, 5.74) is 4.17. The molecule has 0 radical (unpaired) electrons. The Balaban J connectivity index is 1.52. The summed E-state index contributed by atoms with van der Waals surface area (Å²) < 4.78 is 13.9. The summed E-state index contributed by atoms with van der Waals surface area (Å²) in [5, 5.41) is 7.90. The number of guanidine groups is 1. The lowest BCUT2D eigenvalue weighted by molar-refractivity contribution is 0.392. The average molecular weight is 381 g/mol. The first-order valence-electron chi connectivity index (χ1n) is 9.48. The van der Waals surface area contributed by atoms with E-state index in [1.165, 1.54) is 17.0 Å². The Morgan fingerprint density at radius 2 is 1.93 bits per heavy atom. The fraction of sp³-hybridized carbons (Fsp3) is 0.318. The van der Waals surface area contributed by atoms with E-state index in [1.54, 1.807) is 13.1 Å². The summed E-state index contributed by atoms with van der Waals surface area (Å²) in [6, 6.07) is 13.5. The van der Waals surface area contributed by atoms with Gasteiger partial charge in [-0.1, -0.05) is 24.3 Å². The lowest BCUT2D eigenvalue weighted by Crippen LogP contribution is -2.37. The molecule has 0 saturated carbocycles. The van der Waals surface area contributed by atoms with Crippen molar-refractivity contribution in [3.05, 3.63) is 71.2 Å². The van der Waals surface area contributed by atoms with Crippen LogP contribution in [-0.4, -0.2) is 43.5 Å². The highest BCUT2D eigenvalue weighted by atomic mass is 19.1. The highest BCUT2D eigenvalue weighted by Gasteiger charge is 2.07. The first-order chi connectivity index (χ1) is 13.6. The second-order valence-electron chi connectivity index (χ2n) is 7.13. The van der Waals surface area contributed by atoms with Crippen molar-refractivity contribution in [3.8, 4) is 0 Å². The smallest absolute Gasteiger partial charge is 0.191 e. The van der Waals surface area contributed by atoms with Crippen LogP contribution in [0.3, 0.4) is 0 Å². The number of benzene rings is 2. The van der Waals surface area contributed by atoms with Gasteiger partial charge >= 0.3 is 0 Å².